The minimum atomic E-state index is -0.465. The van der Waals surface area contributed by atoms with E-state index < -0.39 is 5.82 Å². The van der Waals surface area contributed by atoms with Gasteiger partial charge in [0.1, 0.15) is 17.0 Å². The quantitative estimate of drug-likeness (QED) is 0.458. The molecule has 1 aliphatic rings. The predicted molar refractivity (Wildman–Crippen MR) is 114 cm³/mol. The molecule has 1 aliphatic heterocycles. The van der Waals surface area contributed by atoms with Crippen molar-refractivity contribution in [3.8, 4) is 33.9 Å². The van der Waals surface area contributed by atoms with Crippen LogP contribution in [-0.2, 0) is 0 Å². The first kappa shape index (κ1) is 18.9. The highest BCUT2D eigenvalue weighted by Gasteiger charge is 2.19. The summed E-state index contributed by atoms with van der Waals surface area (Å²) in [4.78, 5) is 23.7. The lowest BCUT2D eigenvalue weighted by Gasteiger charge is -2.08. The Labute approximate surface area is 176 Å². The standard InChI is InChI=1S/C22H18FN5O3/c1-2-24-22(29)28-21-26-16-9-13(12-5-6-17-18(10-12)31-11-30-17)8-14(20(16)27-21)19-15(23)4-3-7-25-19/h3-10H,2,11H2,1H3,(H3,24,26,27,28,29). The van der Waals surface area contributed by atoms with Gasteiger partial charge < -0.3 is 19.8 Å². The molecule has 2 aromatic heterocycles. The molecule has 31 heavy (non-hydrogen) atoms. The number of nitrogens with one attached hydrogen (secondary N) is 3. The molecule has 9 heteroatoms. The van der Waals surface area contributed by atoms with Gasteiger partial charge in [0.15, 0.2) is 11.5 Å². The number of fused-ring (bicyclic) bond motifs is 2. The van der Waals surface area contributed by atoms with E-state index in [1.807, 2.05) is 37.3 Å². The highest BCUT2D eigenvalue weighted by atomic mass is 19.1. The van der Waals surface area contributed by atoms with Crippen molar-refractivity contribution in [2.45, 2.75) is 6.92 Å². The Morgan fingerprint density at radius 1 is 1.16 bits per heavy atom. The molecule has 0 radical (unpaired) electrons. The molecule has 4 aromatic rings. The van der Waals surface area contributed by atoms with Crippen LogP contribution in [0.15, 0.2) is 48.7 Å². The van der Waals surface area contributed by atoms with Gasteiger partial charge in [-0.25, -0.2) is 14.2 Å². The number of imidazole rings is 1. The van der Waals surface area contributed by atoms with Gasteiger partial charge in [0.25, 0.3) is 0 Å². The number of aromatic nitrogens is 3. The third-order valence-electron chi connectivity index (χ3n) is 4.88. The molecular formula is C22H18FN5O3. The number of amides is 2. The number of hydrogen-bond acceptors (Lipinski definition) is 5. The summed E-state index contributed by atoms with van der Waals surface area (Å²) in [6.07, 6.45) is 1.53. The number of H-pyrrole nitrogens is 1. The molecule has 0 bridgehead atoms. The maximum Gasteiger partial charge on any atom is 0.321 e. The molecule has 3 N–H and O–H groups in total. The zero-order valence-corrected chi connectivity index (χ0v) is 16.5. The van der Waals surface area contributed by atoms with Crippen LogP contribution in [0.2, 0.25) is 0 Å². The number of hydrogen-bond donors (Lipinski definition) is 3. The number of carbonyl (C=O) groups excluding carboxylic acids is 1. The van der Waals surface area contributed by atoms with Crippen LogP contribution in [0.4, 0.5) is 15.1 Å². The Hall–Kier alpha value is -4.14. The predicted octanol–water partition coefficient (Wildman–Crippen LogP) is 4.30. The van der Waals surface area contributed by atoms with Crippen molar-refractivity contribution in [2.24, 2.45) is 0 Å². The van der Waals surface area contributed by atoms with Gasteiger partial charge in [0.2, 0.25) is 12.7 Å². The van der Waals surface area contributed by atoms with Gasteiger partial charge in [-0.1, -0.05) is 6.07 Å². The van der Waals surface area contributed by atoms with Crippen molar-refractivity contribution < 1.29 is 18.7 Å². The van der Waals surface area contributed by atoms with Gasteiger partial charge in [-0.05, 0) is 54.4 Å². The first-order chi connectivity index (χ1) is 15.1. The van der Waals surface area contributed by atoms with Crippen molar-refractivity contribution in [3.63, 3.8) is 0 Å². The fourth-order valence-corrected chi connectivity index (χ4v) is 3.50. The zero-order chi connectivity index (χ0) is 21.4. The molecule has 0 fully saturated rings. The first-order valence-corrected chi connectivity index (χ1v) is 9.72. The number of urea groups is 1. The topological polar surface area (TPSA) is 101 Å². The second-order valence-corrected chi connectivity index (χ2v) is 6.89. The third-order valence-corrected chi connectivity index (χ3v) is 4.88. The lowest BCUT2D eigenvalue weighted by atomic mass is 9.99. The van der Waals surface area contributed by atoms with Gasteiger partial charge in [-0.2, -0.15) is 0 Å². The summed E-state index contributed by atoms with van der Waals surface area (Å²) >= 11 is 0. The molecule has 156 valence electrons. The number of benzene rings is 2. The molecule has 0 saturated heterocycles. The lowest BCUT2D eigenvalue weighted by molar-refractivity contribution is 0.174. The Morgan fingerprint density at radius 3 is 2.87 bits per heavy atom. The minimum Gasteiger partial charge on any atom is -0.454 e. The normalized spacial score (nSPS) is 12.2. The molecule has 0 saturated carbocycles. The van der Waals surface area contributed by atoms with E-state index in [9.17, 15) is 9.18 Å². The first-order valence-electron chi connectivity index (χ1n) is 9.72. The van der Waals surface area contributed by atoms with Gasteiger partial charge in [-0.3, -0.25) is 10.3 Å². The van der Waals surface area contributed by atoms with Crippen LogP contribution < -0.4 is 20.1 Å². The van der Waals surface area contributed by atoms with E-state index in [1.54, 1.807) is 0 Å². The molecular weight excluding hydrogens is 401 g/mol. The number of ether oxygens (including phenoxy) is 2. The SMILES string of the molecule is CCNC(=O)Nc1nc2c(-c3ncccc3F)cc(-c3ccc4c(c3)OCO4)cc2[nH]1. The summed E-state index contributed by atoms with van der Waals surface area (Å²) in [5.74, 6) is 1.11. The van der Waals surface area contributed by atoms with E-state index in [0.717, 1.165) is 11.1 Å². The third kappa shape index (κ3) is 3.50. The summed E-state index contributed by atoms with van der Waals surface area (Å²) in [7, 11) is 0. The molecule has 0 spiro atoms. The van der Waals surface area contributed by atoms with Gasteiger partial charge in [0.05, 0.1) is 5.52 Å². The molecule has 8 nitrogen and oxygen atoms in total. The van der Waals surface area contributed by atoms with Gasteiger partial charge in [0, 0.05) is 18.3 Å². The van der Waals surface area contributed by atoms with E-state index in [4.69, 9.17) is 9.47 Å². The van der Waals surface area contributed by atoms with Crippen LogP contribution in [-0.4, -0.2) is 34.3 Å². The van der Waals surface area contributed by atoms with Gasteiger partial charge >= 0.3 is 6.03 Å². The number of carbonyl (C=O) groups is 1. The Kier molecular flexibility index (Phi) is 4.62. The summed E-state index contributed by atoms with van der Waals surface area (Å²) in [5.41, 5.74) is 3.46. The maximum absolute atomic E-state index is 14.6. The van der Waals surface area contributed by atoms with E-state index in [0.29, 0.717) is 34.6 Å². The fraction of sp³-hybridized carbons (Fsp3) is 0.136. The second-order valence-electron chi connectivity index (χ2n) is 6.89. The van der Waals surface area contributed by atoms with Crippen LogP contribution in [0.25, 0.3) is 33.4 Å². The largest absolute Gasteiger partial charge is 0.454 e. The Morgan fingerprint density at radius 2 is 2.03 bits per heavy atom. The van der Waals surface area contributed by atoms with Crippen molar-refractivity contribution in [1.29, 1.82) is 0 Å². The number of aromatic amines is 1. The lowest BCUT2D eigenvalue weighted by Crippen LogP contribution is -2.28. The summed E-state index contributed by atoms with van der Waals surface area (Å²) in [6, 6.07) is 11.8. The Balaban J connectivity index is 1.67. The molecule has 0 atom stereocenters. The van der Waals surface area contributed by atoms with Crippen molar-refractivity contribution in [1.82, 2.24) is 20.3 Å². The zero-order valence-electron chi connectivity index (χ0n) is 16.5. The summed E-state index contributed by atoms with van der Waals surface area (Å²) in [6.45, 7) is 2.47. The van der Waals surface area contributed by atoms with Crippen molar-refractivity contribution in [2.75, 3.05) is 18.7 Å². The number of nitrogens with zero attached hydrogens (tertiary/aromatic N) is 2. The van der Waals surface area contributed by atoms with E-state index in [2.05, 4.69) is 25.6 Å². The van der Waals surface area contributed by atoms with Crippen LogP contribution in [0.5, 0.6) is 11.5 Å². The van der Waals surface area contributed by atoms with Gasteiger partial charge in [-0.15, -0.1) is 0 Å². The Bertz CT molecular complexity index is 1300. The minimum absolute atomic E-state index is 0.172. The highest BCUT2D eigenvalue weighted by Crippen LogP contribution is 2.39. The average molecular weight is 419 g/mol. The number of halogens is 1. The van der Waals surface area contributed by atoms with Crippen LogP contribution in [0, 0.1) is 5.82 Å². The highest BCUT2D eigenvalue weighted by molar-refractivity contribution is 5.98. The van der Waals surface area contributed by atoms with Crippen molar-refractivity contribution >= 4 is 23.0 Å². The van der Waals surface area contributed by atoms with Crippen molar-refractivity contribution in [3.05, 3.63) is 54.5 Å². The fourth-order valence-electron chi connectivity index (χ4n) is 3.50. The molecule has 0 unspecified atom stereocenters. The van der Waals surface area contributed by atoms with Crippen LogP contribution in [0.1, 0.15) is 6.92 Å². The van der Waals surface area contributed by atoms with E-state index in [1.165, 1.54) is 18.3 Å². The average Bonchev–Trinajstić information content (AvgIpc) is 3.39. The van der Waals surface area contributed by atoms with Crippen LogP contribution in [0.3, 0.4) is 0 Å². The molecule has 2 aromatic carbocycles. The van der Waals surface area contributed by atoms with E-state index in [-0.39, 0.29) is 24.5 Å². The summed E-state index contributed by atoms with van der Waals surface area (Å²) < 4.78 is 25.5. The maximum atomic E-state index is 14.6. The number of rotatable bonds is 4. The number of pyridine rings is 1. The molecule has 2 amide bonds. The molecule has 3 heterocycles. The monoisotopic (exact) mass is 419 g/mol. The smallest absolute Gasteiger partial charge is 0.321 e. The molecule has 0 aliphatic carbocycles. The van der Waals surface area contributed by atoms with Crippen LogP contribution >= 0.6 is 0 Å². The summed E-state index contributed by atoms with van der Waals surface area (Å²) in [5, 5.41) is 5.30. The second kappa shape index (κ2) is 7.60. The number of anilines is 1. The van der Waals surface area contributed by atoms with E-state index >= 15 is 0 Å². The molecule has 5 rings (SSSR count).